The first-order valence-electron chi connectivity index (χ1n) is 11.7. The van der Waals surface area contributed by atoms with Gasteiger partial charge in [-0.2, -0.15) is 0 Å². The number of benzene rings is 2. The summed E-state index contributed by atoms with van der Waals surface area (Å²) < 4.78 is 35.8. The number of aromatic nitrogens is 4. The van der Waals surface area contributed by atoms with Crippen LogP contribution in [0.2, 0.25) is 0 Å². The first kappa shape index (κ1) is 31.1. The van der Waals surface area contributed by atoms with Crippen molar-refractivity contribution in [1.29, 1.82) is 0 Å². The zero-order valence-corrected chi connectivity index (χ0v) is 26.0. The minimum atomic E-state index is -3.14. The molecular weight excluding hydrogens is 675 g/mol. The van der Waals surface area contributed by atoms with Gasteiger partial charge in [0.25, 0.3) is 0 Å². The summed E-state index contributed by atoms with van der Waals surface area (Å²) in [5, 5.41) is 0. The molecule has 0 N–H and O–H groups in total. The molecule has 0 bridgehead atoms. The van der Waals surface area contributed by atoms with Crippen molar-refractivity contribution in [3.63, 3.8) is 0 Å². The Labute approximate surface area is 249 Å². The van der Waals surface area contributed by atoms with Crippen molar-refractivity contribution in [2.45, 2.75) is 25.9 Å². The van der Waals surface area contributed by atoms with Crippen LogP contribution in [-0.4, -0.2) is 33.1 Å². The van der Waals surface area contributed by atoms with Crippen molar-refractivity contribution in [2.24, 2.45) is 0 Å². The van der Waals surface area contributed by atoms with Gasteiger partial charge in [-0.25, -0.2) is 19.9 Å². The van der Waals surface area contributed by atoms with E-state index >= 15 is 0 Å². The molecule has 4 aromatic rings. The quantitative estimate of drug-likeness (QED) is 0.112. The zero-order valence-electron chi connectivity index (χ0n) is 21.2. The maximum atomic E-state index is 12.6. The second-order valence-electron chi connectivity index (χ2n) is 7.60. The van der Waals surface area contributed by atoms with Crippen molar-refractivity contribution < 1.29 is 23.1 Å². The van der Waals surface area contributed by atoms with Crippen LogP contribution in [0.5, 0.6) is 23.5 Å². The van der Waals surface area contributed by atoms with E-state index in [0.29, 0.717) is 36.6 Å². The van der Waals surface area contributed by atoms with Crippen molar-refractivity contribution in [2.75, 3.05) is 13.2 Å². The van der Waals surface area contributed by atoms with Crippen LogP contribution in [0.4, 0.5) is 0 Å². The summed E-state index contributed by atoms with van der Waals surface area (Å²) in [7, 11) is -3.14. The van der Waals surface area contributed by atoms with Gasteiger partial charge in [-0.1, -0.05) is 24.3 Å². The summed E-state index contributed by atoms with van der Waals surface area (Å²) in [6, 6.07) is 15.3. The third-order valence-electron chi connectivity index (χ3n) is 4.59. The SMILES string of the molecule is CCOP(=O)(Cc1cccc(Oc2ncc(Br)cn2)c1)OCC.ClCc1cccc(Oc2ncc(Br)cn2)c1. The minimum Gasteiger partial charge on any atom is -0.424 e. The van der Waals surface area contributed by atoms with Crippen LogP contribution >= 0.6 is 51.1 Å². The second-order valence-corrected chi connectivity index (χ2v) is 11.8. The van der Waals surface area contributed by atoms with E-state index in [1.807, 2.05) is 36.4 Å². The highest BCUT2D eigenvalue weighted by Gasteiger charge is 2.24. The topological polar surface area (TPSA) is 106 Å². The molecule has 0 unspecified atom stereocenters. The molecule has 0 amide bonds. The van der Waals surface area contributed by atoms with Crippen LogP contribution in [-0.2, 0) is 25.7 Å². The average molecular weight is 701 g/mol. The second kappa shape index (κ2) is 16.0. The molecule has 0 saturated carbocycles. The Morgan fingerprint density at radius 3 is 1.62 bits per heavy atom. The fourth-order valence-electron chi connectivity index (χ4n) is 3.06. The highest BCUT2D eigenvalue weighted by atomic mass is 79.9. The lowest BCUT2D eigenvalue weighted by atomic mass is 10.2. The normalized spacial score (nSPS) is 10.9. The molecule has 9 nitrogen and oxygen atoms in total. The molecule has 0 spiro atoms. The summed E-state index contributed by atoms with van der Waals surface area (Å²) in [5.74, 6) is 1.70. The fourth-order valence-corrected chi connectivity index (χ4v) is 5.33. The van der Waals surface area contributed by atoms with Crippen molar-refractivity contribution in [3.05, 3.63) is 93.4 Å². The van der Waals surface area contributed by atoms with E-state index in [-0.39, 0.29) is 12.2 Å². The van der Waals surface area contributed by atoms with Gasteiger partial charge < -0.3 is 18.5 Å². The van der Waals surface area contributed by atoms with E-state index in [9.17, 15) is 4.57 Å². The third-order valence-corrected chi connectivity index (χ3v) is 7.77. The van der Waals surface area contributed by atoms with Crippen molar-refractivity contribution in [1.82, 2.24) is 19.9 Å². The molecule has 39 heavy (non-hydrogen) atoms. The van der Waals surface area contributed by atoms with E-state index < -0.39 is 7.60 Å². The number of hydrogen-bond donors (Lipinski definition) is 0. The summed E-state index contributed by atoms with van der Waals surface area (Å²) in [6.45, 7) is 4.24. The Morgan fingerprint density at radius 1 is 0.744 bits per heavy atom. The highest BCUT2D eigenvalue weighted by molar-refractivity contribution is 9.10. The van der Waals surface area contributed by atoms with Gasteiger partial charge in [0.05, 0.1) is 28.3 Å². The number of rotatable bonds is 11. The molecule has 0 atom stereocenters. The first-order chi connectivity index (χ1) is 18.8. The number of halogens is 3. The highest BCUT2D eigenvalue weighted by Crippen LogP contribution is 2.51. The maximum absolute atomic E-state index is 12.6. The van der Waals surface area contributed by atoms with Crippen LogP contribution < -0.4 is 9.47 Å². The summed E-state index contributed by atoms with van der Waals surface area (Å²) in [6.07, 6.45) is 6.66. The lowest BCUT2D eigenvalue weighted by Gasteiger charge is -2.17. The van der Waals surface area contributed by atoms with Gasteiger partial charge in [0.1, 0.15) is 11.5 Å². The molecule has 0 aliphatic rings. The molecule has 13 heteroatoms. The first-order valence-corrected chi connectivity index (χ1v) is 15.6. The van der Waals surface area contributed by atoms with Gasteiger partial charge in [0.2, 0.25) is 0 Å². The molecule has 0 saturated heterocycles. The summed E-state index contributed by atoms with van der Waals surface area (Å²) in [4.78, 5) is 16.1. The Balaban J connectivity index is 0.000000230. The van der Waals surface area contributed by atoms with E-state index in [1.54, 1.807) is 50.8 Å². The van der Waals surface area contributed by atoms with Crippen molar-refractivity contribution in [3.8, 4) is 23.5 Å². The van der Waals surface area contributed by atoms with Crippen LogP contribution in [0.1, 0.15) is 25.0 Å². The fraction of sp³-hybridized carbons (Fsp3) is 0.231. The predicted molar refractivity (Wildman–Crippen MR) is 157 cm³/mol. The Bertz CT molecular complexity index is 1360. The number of hydrogen-bond acceptors (Lipinski definition) is 9. The Hall–Kier alpha value is -2.40. The molecule has 0 aliphatic carbocycles. The largest absolute Gasteiger partial charge is 0.424 e. The molecule has 2 aromatic heterocycles. The number of ether oxygens (including phenoxy) is 2. The minimum absolute atomic E-state index is 0.188. The monoisotopic (exact) mass is 698 g/mol. The van der Waals surface area contributed by atoms with Crippen LogP contribution in [0.3, 0.4) is 0 Å². The lowest BCUT2D eigenvalue weighted by Crippen LogP contribution is -1.99. The summed E-state index contributed by atoms with van der Waals surface area (Å²) in [5.41, 5.74) is 1.79. The van der Waals surface area contributed by atoms with Crippen LogP contribution in [0.15, 0.2) is 82.3 Å². The number of alkyl halides is 1. The molecule has 0 radical (unpaired) electrons. The van der Waals surface area contributed by atoms with E-state index in [1.165, 1.54) is 0 Å². The van der Waals surface area contributed by atoms with Crippen LogP contribution in [0.25, 0.3) is 0 Å². The van der Waals surface area contributed by atoms with Gasteiger partial charge in [0, 0.05) is 30.7 Å². The van der Waals surface area contributed by atoms with Crippen LogP contribution in [0, 0.1) is 0 Å². The lowest BCUT2D eigenvalue weighted by molar-refractivity contribution is 0.219. The molecule has 2 aromatic carbocycles. The Morgan fingerprint density at radius 2 is 1.18 bits per heavy atom. The molecular formula is C26H26Br2ClN4O5P. The number of nitrogens with zero attached hydrogens (tertiary/aromatic N) is 4. The molecule has 0 fully saturated rings. The molecule has 0 aliphatic heterocycles. The molecule has 206 valence electrons. The predicted octanol–water partition coefficient (Wildman–Crippen LogP) is 8.57. The standard InChI is InChI=1S/C15H18BrN2O4P.C11H8BrClN2O/c1-3-20-23(19,21-4-2)11-12-6-5-7-14(8-12)22-15-17-9-13(16)10-18-15;12-9-6-14-11(15-7-9)16-10-3-1-2-8(4-10)5-13/h5-10H,3-4,11H2,1-2H3;1-4,6-7H,5H2. The molecule has 4 rings (SSSR count). The van der Waals surface area contributed by atoms with Gasteiger partial charge in [0.15, 0.2) is 0 Å². The van der Waals surface area contributed by atoms with Gasteiger partial charge in [-0.15, -0.1) is 11.6 Å². The maximum Gasteiger partial charge on any atom is 0.335 e. The Kier molecular flexibility index (Phi) is 12.8. The third kappa shape index (κ3) is 10.9. The van der Waals surface area contributed by atoms with Crippen molar-refractivity contribution >= 4 is 51.1 Å². The zero-order chi connectivity index (χ0) is 28.1. The van der Waals surface area contributed by atoms with Gasteiger partial charge in [-0.3, -0.25) is 4.57 Å². The average Bonchev–Trinajstić information content (AvgIpc) is 2.92. The van der Waals surface area contributed by atoms with E-state index in [4.69, 9.17) is 30.1 Å². The smallest absolute Gasteiger partial charge is 0.335 e. The van der Waals surface area contributed by atoms with Gasteiger partial charge in [-0.05, 0) is 81.1 Å². The van der Waals surface area contributed by atoms with E-state index in [2.05, 4.69) is 51.8 Å². The van der Waals surface area contributed by atoms with Gasteiger partial charge >= 0.3 is 19.6 Å². The van der Waals surface area contributed by atoms with E-state index in [0.717, 1.165) is 20.1 Å². The molecule has 2 heterocycles. The summed E-state index contributed by atoms with van der Waals surface area (Å²) >= 11 is 12.3.